The van der Waals surface area contributed by atoms with Crippen LogP contribution >= 0.6 is 11.8 Å². The van der Waals surface area contributed by atoms with Gasteiger partial charge in [-0.15, -0.1) is 0 Å². The van der Waals surface area contributed by atoms with Gasteiger partial charge in [0.1, 0.15) is 0 Å². The number of esters is 1. The van der Waals surface area contributed by atoms with Crippen molar-refractivity contribution < 1.29 is 14.3 Å². The number of para-hydroxylation sites is 4. The Balaban J connectivity index is 1.38. The lowest BCUT2D eigenvalue weighted by molar-refractivity contribution is -0.121. The van der Waals surface area contributed by atoms with Crippen molar-refractivity contribution in [3.05, 3.63) is 84.7 Å². The summed E-state index contributed by atoms with van der Waals surface area (Å²) in [6.07, 6.45) is 1.36. The zero-order valence-corrected chi connectivity index (χ0v) is 16.5. The third kappa shape index (κ3) is 3.29. The number of amides is 1. The molecule has 1 aromatic heterocycles. The highest BCUT2D eigenvalue weighted by Gasteiger charge is 2.28. The Kier molecular flexibility index (Phi) is 4.65. The fraction of sp³-hybridized carbons (Fsp3) is 0.0435. The third-order valence-electron chi connectivity index (χ3n) is 4.67. The highest BCUT2D eigenvalue weighted by atomic mass is 32.2. The number of benzene rings is 3. The monoisotopic (exact) mass is 413 g/mol. The lowest BCUT2D eigenvalue weighted by atomic mass is 10.2. The molecular weight excluding hydrogens is 398 g/mol. The van der Waals surface area contributed by atoms with E-state index in [4.69, 9.17) is 4.74 Å². The van der Waals surface area contributed by atoms with Crippen molar-refractivity contribution >= 4 is 46.0 Å². The first kappa shape index (κ1) is 18.3. The van der Waals surface area contributed by atoms with Crippen LogP contribution in [0.4, 0.5) is 11.4 Å². The topological polar surface area (TPSA) is 72.4 Å². The molecule has 1 aliphatic rings. The molecule has 5 rings (SSSR count). The SMILES string of the molecule is O=C(OCC(=O)N1c2ccccc2Sc2ccccc21)c1cnc2ccccc2n1. The highest BCUT2D eigenvalue weighted by Crippen LogP contribution is 2.47. The summed E-state index contributed by atoms with van der Waals surface area (Å²) in [5.74, 6) is -1.02. The zero-order chi connectivity index (χ0) is 20.5. The summed E-state index contributed by atoms with van der Waals surface area (Å²) in [5.41, 5.74) is 2.88. The first-order valence-corrected chi connectivity index (χ1v) is 10.1. The summed E-state index contributed by atoms with van der Waals surface area (Å²) in [6.45, 7) is -0.402. The van der Waals surface area contributed by atoms with Crippen LogP contribution in [0.25, 0.3) is 11.0 Å². The van der Waals surface area contributed by atoms with Crippen LogP contribution in [0, 0.1) is 0 Å². The van der Waals surface area contributed by atoms with Crippen molar-refractivity contribution in [3.8, 4) is 0 Å². The zero-order valence-electron chi connectivity index (χ0n) is 15.7. The number of hydrogen-bond acceptors (Lipinski definition) is 6. The van der Waals surface area contributed by atoms with E-state index in [1.54, 1.807) is 22.7 Å². The van der Waals surface area contributed by atoms with Crippen LogP contribution in [0.1, 0.15) is 10.5 Å². The molecule has 7 heteroatoms. The standard InChI is InChI=1S/C23H15N3O3S/c27-22(14-29-23(28)17-13-24-15-7-1-2-8-16(15)25-17)26-18-9-3-5-11-20(18)30-21-12-6-4-10-19(21)26/h1-13H,14H2. The van der Waals surface area contributed by atoms with Crippen LogP contribution in [-0.4, -0.2) is 28.5 Å². The first-order valence-electron chi connectivity index (χ1n) is 9.28. The lowest BCUT2D eigenvalue weighted by Gasteiger charge is -2.30. The summed E-state index contributed by atoms with van der Waals surface area (Å²) in [6, 6.07) is 22.6. The van der Waals surface area contributed by atoms with Crippen molar-refractivity contribution in [2.45, 2.75) is 9.79 Å². The number of nitrogens with zero attached hydrogens (tertiary/aromatic N) is 3. The van der Waals surface area contributed by atoms with Gasteiger partial charge in [0.25, 0.3) is 5.91 Å². The Bertz CT molecular complexity index is 1250. The van der Waals surface area contributed by atoms with Crippen LogP contribution in [-0.2, 0) is 9.53 Å². The second-order valence-electron chi connectivity index (χ2n) is 6.59. The second-order valence-corrected chi connectivity index (χ2v) is 7.67. The number of ether oxygens (including phenoxy) is 1. The van der Waals surface area contributed by atoms with Gasteiger partial charge in [-0.2, -0.15) is 0 Å². The molecule has 0 saturated heterocycles. The van der Waals surface area contributed by atoms with Gasteiger partial charge in [0.05, 0.1) is 28.6 Å². The molecule has 0 spiro atoms. The quantitative estimate of drug-likeness (QED) is 0.457. The molecule has 0 saturated carbocycles. The molecule has 146 valence electrons. The van der Waals surface area contributed by atoms with Gasteiger partial charge in [-0.1, -0.05) is 48.2 Å². The molecule has 0 unspecified atom stereocenters. The molecule has 3 aromatic carbocycles. The van der Waals surface area contributed by atoms with Crippen LogP contribution in [0.2, 0.25) is 0 Å². The van der Waals surface area contributed by atoms with Crippen molar-refractivity contribution in [2.24, 2.45) is 0 Å². The average Bonchev–Trinajstić information content (AvgIpc) is 2.80. The Labute approximate surface area is 176 Å². The number of carbonyl (C=O) groups excluding carboxylic acids is 2. The van der Waals surface area contributed by atoms with E-state index in [1.165, 1.54) is 6.20 Å². The van der Waals surface area contributed by atoms with E-state index in [2.05, 4.69) is 9.97 Å². The fourth-order valence-corrected chi connectivity index (χ4v) is 4.35. The Hall–Kier alpha value is -3.71. The number of anilines is 2. The molecule has 0 aliphatic carbocycles. The smallest absolute Gasteiger partial charge is 0.359 e. The minimum atomic E-state index is -0.686. The minimum absolute atomic E-state index is 0.0662. The van der Waals surface area contributed by atoms with Crippen LogP contribution in [0.5, 0.6) is 0 Å². The van der Waals surface area contributed by atoms with Gasteiger partial charge >= 0.3 is 5.97 Å². The fourth-order valence-electron chi connectivity index (χ4n) is 3.29. The second kappa shape index (κ2) is 7.61. The van der Waals surface area contributed by atoms with Crippen LogP contribution < -0.4 is 4.90 Å². The summed E-state index contributed by atoms with van der Waals surface area (Å²) < 4.78 is 5.28. The van der Waals surface area contributed by atoms with E-state index in [1.807, 2.05) is 66.7 Å². The molecule has 0 radical (unpaired) electrons. The Morgan fingerprint density at radius 3 is 2.13 bits per heavy atom. The van der Waals surface area contributed by atoms with Crippen molar-refractivity contribution in [1.82, 2.24) is 9.97 Å². The molecule has 0 atom stereocenters. The molecule has 0 N–H and O–H groups in total. The predicted octanol–water partition coefficient (Wildman–Crippen LogP) is 4.62. The molecule has 6 nitrogen and oxygen atoms in total. The molecule has 0 bridgehead atoms. The lowest BCUT2D eigenvalue weighted by Crippen LogP contribution is -2.32. The first-order chi connectivity index (χ1) is 14.7. The van der Waals surface area contributed by atoms with E-state index in [0.717, 1.165) is 21.2 Å². The number of carbonyl (C=O) groups is 2. The van der Waals surface area contributed by atoms with Gasteiger partial charge in [-0.25, -0.2) is 9.78 Å². The molecular formula is C23H15N3O3S. The maximum absolute atomic E-state index is 13.1. The molecule has 4 aromatic rings. The van der Waals surface area contributed by atoms with Gasteiger partial charge in [0, 0.05) is 9.79 Å². The van der Waals surface area contributed by atoms with E-state index in [0.29, 0.717) is 11.0 Å². The van der Waals surface area contributed by atoms with Crippen LogP contribution in [0.3, 0.4) is 0 Å². The van der Waals surface area contributed by atoms with Crippen molar-refractivity contribution in [1.29, 1.82) is 0 Å². The van der Waals surface area contributed by atoms with E-state index in [9.17, 15) is 9.59 Å². The average molecular weight is 413 g/mol. The molecule has 1 aliphatic heterocycles. The summed E-state index contributed by atoms with van der Waals surface area (Å²) in [4.78, 5) is 37.6. The third-order valence-corrected chi connectivity index (χ3v) is 5.80. The number of aromatic nitrogens is 2. The van der Waals surface area contributed by atoms with E-state index in [-0.39, 0.29) is 11.6 Å². The highest BCUT2D eigenvalue weighted by molar-refractivity contribution is 7.99. The van der Waals surface area contributed by atoms with Gasteiger partial charge in [0.2, 0.25) is 0 Å². The van der Waals surface area contributed by atoms with E-state index >= 15 is 0 Å². The predicted molar refractivity (Wildman–Crippen MR) is 114 cm³/mol. The summed E-state index contributed by atoms with van der Waals surface area (Å²) >= 11 is 1.61. The van der Waals surface area contributed by atoms with Gasteiger partial charge in [-0.3, -0.25) is 14.7 Å². The van der Waals surface area contributed by atoms with Crippen molar-refractivity contribution in [3.63, 3.8) is 0 Å². The van der Waals surface area contributed by atoms with Crippen LogP contribution in [0.15, 0.2) is 88.8 Å². The molecule has 1 amide bonds. The Morgan fingerprint density at radius 2 is 1.43 bits per heavy atom. The Morgan fingerprint density at radius 1 is 0.833 bits per heavy atom. The van der Waals surface area contributed by atoms with Gasteiger partial charge in [0.15, 0.2) is 12.3 Å². The summed E-state index contributed by atoms with van der Waals surface area (Å²) in [7, 11) is 0. The van der Waals surface area contributed by atoms with Gasteiger partial charge < -0.3 is 4.74 Å². The largest absolute Gasteiger partial charge is 0.451 e. The number of hydrogen-bond donors (Lipinski definition) is 0. The van der Waals surface area contributed by atoms with E-state index < -0.39 is 12.6 Å². The number of rotatable bonds is 3. The maximum atomic E-state index is 13.1. The van der Waals surface area contributed by atoms with Crippen molar-refractivity contribution in [2.75, 3.05) is 11.5 Å². The molecule has 0 fully saturated rings. The number of fused-ring (bicyclic) bond motifs is 3. The minimum Gasteiger partial charge on any atom is -0.451 e. The molecule has 2 heterocycles. The normalized spacial score (nSPS) is 12.2. The molecule has 30 heavy (non-hydrogen) atoms. The summed E-state index contributed by atoms with van der Waals surface area (Å²) in [5, 5.41) is 0. The maximum Gasteiger partial charge on any atom is 0.359 e. The van der Waals surface area contributed by atoms with Gasteiger partial charge in [-0.05, 0) is 36.4 Å².